The second kappa shape index (κ2) is 10.8. The van der Waals surface area contributed by atoms with Crippen LogP contribution in [0, 0.1) is 0 Å². The van der Waals surface area contributed by atoms with E-state index >= 15 is 0 Å². The van der Waals surface area contributed by atoms with Gasteiger partial charge in [-0.25, -0.2) is 4.79 Å². The molecule has 0 fully saturated rings. The number of ether oxygens (including phenoxy) is 4. The van der Waals surface area contributed by atoms with E-state index in [1.54, 1.807) is 45.4 Å². The van der Waals surface area contributed by atoms with Gasteiger partial charge in [-0.15, -0.1) is 0 Å². The van der Waals surface area contributed by atoms with Crippen molar-refractivity contribution in [1.29, 1.82) is 0 Å². The second-order valence-corrected chi connectivity index (χ2v) is 5.79. The lowest BCUT2D eigenvalue weighted by atomic mass is 10.1. The zero-order chi connectivity index (χ0) is 20.4. The molecule has 0 aliphatic carbocycles. The SMILES string of the molecule is CCOC(=O)c1ccccc1OCC(=O)NCCc1ccc(OC)c(OC)c1. The minimum Gasteiger partial charge on any atom is -0.493 e. The minimum absolute atomic E-state index is 0.192. The molecule has 2 aromatic carbocycles. The number of nitrogens with one attached hydrogen (secondary N) is 1. The van der Waals surface area contributed by atoms with Crippen LogP contribution in [0.15, 0.2) is 42.5 Å². The molecule has 1 N–H and O–H groups in total. The topological polar surface area (TPSA) is 83.1 Å². The van der Waals surface area contributed by atoms with Gasteiger partial charge in [0, 0.05) is 6.54 Å². The number of carbonyl (C=O) groups excluding carboxylic acids is 2. The van der Waals surface area contributed by atoms with Crippen LogP contribution in [-0.4, -0.2) is 45.9 Å². The summed E-state index contributed by atoms with van der Waals surface area (Å²) in [6, 6.07) is 12.3. The summed E-state index contributed by atoms with van der Waals surface area (Å²) in [6.45, 7) is 2.25. The van der Waals surface area contributed by atoms with Crippen molar-refractivity contribution >= 4 is 11.9 Å². The molecule has 150 valence electrons. The van der Waals surface area contributed by atoms with Gasteiger partial charge in [-0.1, -0.05) is 18.2 Å². The fraction of sp³-hybridized carbons (Fsp3) is 0.333. The minimum atomic E-state index is -0.480. The molecule has 0 heterocycles. The Kier molecular flexibility index (Phi) is 8.14. The number of hydrogen-bond acceptors (Lipinski definition) is 6. The lowest BCUT2D eigenvalue weighted by Crippen LogP contribution is -2.30. The number of carbonyl (C=O) groups is 2. The van der Waals surface area contributed by atoms with E-state index < -0.39 is 5.97 Å². The second-order valence-electron chi connectivity index (χ2n) is 5.79. The van der Waals surface area contributed by atoms with Gasteiger partial charge in [0.25, 0.3) is 5.91 Å². The van der Waals surface area contributed by atoms with Crippen molar-refractivity contribution in [3.8, 4) is 17.2 Å². The maximum atomic E-state index is 12.0. The molecule has 28 heavy (non-hydrogen) atoms. The predicted octanol–water partition coefficient (Wildman–Crippen LogP) is 2.62. The molecule has 7 heteroatoms. The van der Waals surface area contributed by atoms with Crippen LogP contribution in [0.4, 0.5) is 0 Å². The molecule has 1 amide bonds. The van der Waals surface area contributed by atoms with Gasteiger partial charge in [0.05, 0.1) is 20.8 Å². The lowest BCUT2D eigenvalue weighted by molar-refractivity contribution is -0.123. The van der Waals surface area contributed by atoms with Crippen molar-refractivity contribution < 1.29 is 28.5 Å². The maximum absolute atomic E-state index is 12.0. The van der Waals surface area contributed by atoms with Crippen LogP contribution < -0.4 is 19.5 Å². The van der Waals surface area contributed by atoms with E-state index in [0.29, 0.717) is 35.8 Å². The van der Waals surface area contributed by atoms with Gasteiger partial charge >= 0.3 is 5.97 Å². The van der Waals surface area contributed by atoms with Crippen LogP contribution in [0.1, 0.15) is 22.8 Å². The third kappa shape index (κ3) is 5.90. The van der Waals surface area contributed by atoms with E-state index in [4.69, 9.17) is 18.9 Å². The molecular formula is C21H25NO6. The Labute approximate surface area is 164 Å². The van der Waals surface area contributed by atoms with Crippen LogP contribution in [0.5, 0.6) is 17.2 Å². The van der Waals surface area contributed by atoms with Crippen molar-refractivity contribution in [3.05, 3.63) is 53.6 Å². The number of rotatable bonds is 10. The first-order valence-corrected chi connectivity index (χ1v) is 8.95. The van der Waals surface area contributed by atoms with Crippen LogP contribution >= 0.6 is 0 Å². The third-order valence-electron chi connectivity index (χ3n) is 3.92. The van der Waals surface area contributed by atoms with E-state index in [1.807, 2.05) is 18.2 Å². The van der Waals surface area contributed by atoms with E-state index in [-0.39, 0.29) is 19.1 Å². The molecule has 0 radical (unpaired) electrons. The normalized spacial score (nSPS) is 10.1. The Morgan fingerprint density at radius 2 is 1.71 bits per heavy atom. The summed E-state index contributed by atoms with van der Waals surface area (Å²) < 4.78 is 20.9. The molecule has 0 aliphatic rings. The number of methoxy groups -OCH3 is 2. The Bertz CT molecular complexity index is 805. The zero-order valence-corrected chi connectivity index (χ0v) is 16.3. The summed E-state index contributed by atoms with van der Waals surface area (Å²) in [7, 11) is 3.16. The molecule has 0 aromatic heterocycles. The molecule has 0 saturated heterocycles. The molecule has 2 aromatic rings. The van der Waals surface area contributed by atoms with Crippen molar-refractivity contribution in [2.45, 2.75) is 13.3 Å². The molecular weight excluding hydrogens is 362 g/mol. The quantitative estimate of drug-likeness (QED) is 0.631. The summed E-state index contributed by atoms with van der Waals surface area (Å²) in [5.74, 6) is 0.858. The van der Waals surface area contributed by atoms with Crippen molar-refractivity contribution in [2.75, 3.05) is 34.0 Å². The highest BCUT2D eigenvalue weighted by molar-refractivity contribution is 5.92. The first-order chi connectivity index (χ1) is 13.6. The van der Waals surface area contributed by atoms with Crippen LogP contribution in [-0.2, 0) is 16.0 Å². The molecule has 0 aliphatic heterocycles. The molecule has 0 saturated carbocycles. The van der Waals surface area contributed by atoms with E-state index in [2.05, 4.69) is 5.32 Å². The fourth-order valence-corrected chi connectivity index (χ4v) is 2.55. The van der Waals surface area contributed by atoms with Gasteiger partial charge in [-0.05, 0) is 43.2 Å². The predicted molar refractivity (Wildman–Crippen MR) is 104 cm³/mol. The molecule has 2 rings (SSSR count). The first kappa shape index (κ1) is 21.1. The summed E-state index contributed by atoms with van der Waals surface area (Å²) in [5.41, 5.74) is 1.30. The molecule has 0 bridgehead atoms. The van der Waals surface area contributed by atoms with Crippen molar-refractivity contribution in [3.63, 3.8) is 0 Å². The summed E-state index contributed by atoms with van der Waals surface area (Å²) in [5, 5.41) is 2.79. The summed E-state index contributed by atoms with van der Waals surface area (Å²) in [6.07, 6.45) is 0.630. The smallest absolute Gasteiger partial charge is 0.341 e. The number of para-hydroxylation sites is 1. The number of amides is 1. The standard InChI is InChI=1S/C21H25NO6/c1-4-27-21(24)16-7-5-6-8-17(16)28-14-20(23)22-12-11-15-9-10-18(25-2)19(13-15)26-3/h5-10,13H,4,11-12,14H2,1-3H3,(H,22,23). The highest BCUT2D eigenvalue weighted by atomic mass is 16.5. The van der Waals surface area contributed by atoms with Gasteiger partial charge < -0.3 is 24.3 Å². The highest BCUT2D eigenvalue weighted by Crippen LogP contribution is 2.27. The number of hydrogen-bond donors (Lipinski definition) is 1. The van der Waals surface area contributed by atoms with E-state index in [1.165, 1.54) is 0 Å². The van der Waals surface area contributed by atoms with E-state index in [9.17, 15) is 9.59 Å². The Balaban J connectivity index is 1.83. The molecule has 7 nitrogen and oxygen atoms in total. The lowest BCUT2D eigenvalue weighted by Gasteiger charge is -2.12. The average Bonchev–Trinajstić information content (AvgIpc) is 2.72. The average molecular weight is 387 g/mol. The largest absolute Gasteiger partial charge is 0.493 e. The van der Waals surface area contributed by atoms with Gasteiger partial charge in [0.15, 0.2) is 18.1 Å². The monoisotopic (exact) mass is 387 g/mol. The van der Waals surface area contributed by atoms with Gasteiger partial charge in [-0.3, -0.25) is 4.79 Å². The van der Waals surface area contributed by atoms with Crippen molar-refractivity contribution in [1.82, 2.24) is 5.32 Å². The van der Waals surface area contributed by atoms with Crippen LogP contribution in [0.3, 0.4) is 0 Å². The fourth-order valence-electron chi connectivity index (χ4n) is 2.55. The van der Waals surface area contributed by atoms with Crippen LogP contribution in [0.2, 0.25) is 0 Å². The van der Waals surface area contributed by atoms with Crippen molar-refractivity contribution in [2.24, 2.45) is 0 Å². The van der Waals surface area contributed by atoms with Gasteiger partial charge in [-0.2, -0.15) is 0 Å². The van der Waals surface area contributed by atoms with Gasteiger partial charge in [0.2, 0.25) is 0 Å². The number of esters is 1. The van der Waals surface area contributed by atoms with Gasteiger partial charge in [0.1, 0.15) is 11.3 Å². The van der Waals surface area contributed by atoms with E-state index in [0.717, 1.165) is 5.56 Å². The highest BCUT2D eigenvalue weighted by Gasteiger charge is 2.14. The molecule has 0 atom stereocenters. The maximum Gasteiger partial charge on any atom is 0.341 e. The first-order valence-electron chi connectivity index (χ1n) is 8.95. The molecule has 0 unspecified atom stereocenters. The van der Waals surface area contributed by atoms with Crippen LogP contribution in [0.25, 0.3) is 0 Å². The zero-order valence-electron chi connectivity index (χ0n) is 16.3. The summed E-state index contributed by atoms with van der Waals surface area (Å²) >= 11 is 0. The third-order valence-corrected chi connectivity index (χ3v) is 3.92. The summed E-state index contributed by atoms with van der Waals surface area (Å²) in [4.78, 5) is 24.0. The Hall–Kier alpha value is -3.22. The molecule has 0 spiro atoms. The Morgan fingerprint density at radius 1 is 0.964 bits per heavy atom. The number of benzene rings is 2. The Morgan fingerprint density at radius 3 is 2.43 bits per heavy atom.